The molecule has 2 rings (SSSR count). The third kappa shape index (κ3) is 5.55. The molecule has 0 fully saturated rings. The third-order valence-electron chi connectivity index (χ3n) is 3.04. The molecular formula is C17H16Cl2N2O4. The molecule has 0 bridgehead atoms. The fourth-order valence-electron chi connectivity index (χ4n) is 1.97. The van der Waals surface area contributed by atoms with Crippen LogP contribution in [0.25, 0.3) is 0 Å². The molecule has 0 unspecified atom stereocenters. The number of halogens is 2. The Kier molecular flexibility index (Phi) is 6.91. The number of nitrogens with zero attached hydrogens (tertiary/aromatic N) is 1. The zero-order valence-electron chi connectivity index (χ0n) is 13.6. The van der Waals surface area contributed by atoms with Crippen LogP contribution in [0.3, 0.4) is 0 Å². The lowest BCUT2D eigenvalue weighted by molar-refractivity contribution is -0.120. The maximum atomic E-state index is 11.8. The number of carbonyl (C=O) groups is 1. The van der Waals surface area contributed by atoms with Gasteiger partial charge in [-0.25, -0.2) is 0 Å². The quantitative estimate of drug-likeness (QED) is 0.580. The molecule has 0 aliphatic rings. The molecule has 0 radical (unpaired) electrons. The molecular weight excluding hydrogens is 367 g/mol. The highest BCUT2D eigenvalue weighted by Crippen LogP contribution is 2.35. The Morgan fingerprint density at radius 1 is 1.20 bits per heavy atom. The Labute approximate surface area is 155 Å². The van der Waals surface area contributed by atoms with Crippen molar-refractivity contribution < 1.29 is 19.1 Å². The highest BCUT2D eigenvalue weighted by molar-refractivity contribution is 6.32. The van der Waals surface area contributed by atoms with Gasteiger partial charge < -0.3 is 19.6 Å². The van der Waals surface area contributed by atoms with Crippen LogP contribution in [0.2, 0.25) is 10.0 Å². The molecule has 1 N–H and O–H groups in total. The minimum absolute atomic E-state index is 0.246. The Bertz CT molecular complexity index is 781. The molecule has 2 aromatic rings. The number of anilines is 1. The van der Waals surface area contributed by atoms with Crippen molar-refractivity contribution >= 4 is 41.0 Å². The first-order chi connectivity index (χ1) is 12.0. The van der Waals surface area contributed by atoms with Crippen LogP contribution >= 0.6 is 23.2 Å². The van der Waals surface area contributed by atoms with E-state index in [0.717, 1.165) is 0 Å². The first kappa shape index (κ1) is 18.9. The van der Waals surface area contributed by atoms with E-state index in [1.165, 1.54) is 20.4 Å². The molecule has 0 aliphatic heterocycles. The predicted octanol–water partition coefficient (Wildman–Crippen LogP) is 4.00. The maximum Gasteiger partial charge on any atom is 0.265 e. The molecule has 8 heteroatoms. The average molecular weight is 383 g/mol. The van der Waals surface area contributed by atoms with Crippen molar-refractivity contribution in [3.8, 4) is 11.5 Å². The van der Waals surface area contributed by atoms with Gasteiger partial charge in [-0.2, -0.15) is 0 Å². The van der Waals surface area contributed by atoms with E-state index in [9.17, 15) is 4.79 Å². The summed E-state index contributed by atoms with van der Waals surface area (Å²) in [5, 5.41) is 7.30. The highest BCUT2D eigenvalue weighted by Gasteiger charge is 2.10. The predicted molar refractivity (Wildman–Crippen MR) is 98.2 cm³/mol. The summed E-state index contributed by atoms with van der Waals surface area (Å²) in [7, 11) is 3.00. The van der Waals surface area contributed by atoms with Gasteiger partial charge in [0.2, 0.25) is 0 Å². The highest BCUT2D eigenvalue weighted by atomic mass is 35.5. The maximum absolute atomic E-state index is 11.8. The zero-order valence-corrected chi connectivity index (χ0v) is 15.1. The van der Waals surface area contributed by atoms with Crippen molar-refractivity contribution in [2.75, 3.05) is 26.1 Å². The lowest BCUT2D eigenvalue weighted by Gasteiger charge is -2.09. The topological polar surface area (TPSA) is 69.2 Å². The summed E-state index contributed by atoms with van der Waals surface area (Å²) in [4.78, 5) is 16.7. The number of nitrogens with one attached hydrogen (secondary N) is 1. The smallest absolute Gasteiger partial charge is 0.265 e. The fraction of sp³-hybridized carbons (Fsp3) is 0.176. The number of benzene rings is 2. The second-order valence-corrected chi connectivity index (χ2v) is 5.65. The van der Waals surface area contributed by atoms with E-state index in [4.69, 9.17) is 37.5 Å². The van der Waals surface area contributed by atoms with Gasteiger partial charge in [-0.3, -0.25) is 4.79 Å². The van der Waals surface area contributed by atoms with Gasteiger partial charge >= 0.3 is 0 Å². The monoisotopic (exact) mass is 382 g/mol. The van der Waals surface area contributed by atoms with Gasteiger partial charge in [0.05, 0.1) is 25.5 Å². The number of hydrogen-bond donors (Lipinski definition) is 1. The van der Waals surface area contributed by atoms with Crippen molar-refractivity contribution in [3.63, 3.8) is 0 Å². The van der Waals surface area contributed by atoms with Gasteiger partial charge in [0.25, 0.3) is 5.91 Å². The third-order valence-corrected chi connectivity index (χ3v) is 3.55. The minimum Gasteiger partial charge on any atom is -0.493 e. The molecule has 0 saturated heterocycles. The van der Waals surface area contributed by atoms with Gasteiger partial charge in [0.1, 0.15) is 0 Å². The lowest BCUT2D eigenvalue weighted by atomic mass is 10.2. The summed E-state index contributed by atoms with van der Waals surface area (Å²) in [6.07, 6.45) is 1.42. The fourth-order valence-corrected chi connectivity index (χ4v) is 2.46. The Morgan fingerprint density at radius 2 is 2.00 bits per heavy atom. The molecule has 1 amide bonds. The van der Waals surface area contributed by atoms with Gasteiger partial charge in [-0.1, -0.05) is 34.4 Å². The lowest BCUT2D eigenvalue weighted by Crippen LogP contribution is -2.16. The van der Waals surface area contributed by atoms with E-state index in [0.29, 0.717) is 32.8 Å². The molecule has 25 heavy (non-hydrogen) atoms. The van der Waals surface area contributed by atoms with Crippen LogP contribution in [0.1, 0.15) is 5.56 Å². The summed E-state index contributed by atoms with van der Waals surface area (Å²) in [5.74, 6) is 0.544. The van der Waals surface area contributed by atoms with Crippen molar-refractivity contribution in [2.45, 2.75) is 0 Å². The first-order valence-corrected chi connectivity index (χ1v) is 7.91. The van der Waals surface area contributed by atoms with Crippen LogP contribution < -0.4 is 14.8 Å². The largest absolute Gasteiger partial charge is 0.493 e. The molecule has 2 aromatic carbocycles. The van der Waals surface area contributed by atoms with E-state index in [-0.39, 0.29) is 12.5 Å². The molecule has 6 nitrogen and oxygen atoms in total. The number of oxime groups is 1. The molecule has 0 spiro atoms. The first-order valence-electron chi connectivity index (χ1n) is 7.15. The Balaban J connectivity index is 1.91. The van der Waals surface area contributed by atoms with E-state index < -0.39 is 0 Å². The van der Waals surface area contributed by atoms with Crippen LogP contribution in [0.5, 0.6) is 11.5 Å². The van der Waals surface area contributed by atoms with Gasteiger partial charge in [0.15, 0.2) is 18.1 Å². The second-order valence-electron chi connectivity index (χ2n) is 4.80. The van der Waals surface area contributed by atoms with E-state index in [2.05, 4.69) is 10.5 Å². The van der Waals surface area contributed by atoms with Crippen molar-refractivity contribution in [3.05, 3.63) is 52.0 Å². The van der Waals surface area contributed by atoms with Crippen LogP contribution in [0, 0.1) is 0 Å². The van der Waals surface area contributed by atoms with Gasteiger partial charge in [-0.05, 0) is 30.3 Å². The molecule has 0 atom stereocenters. The summed E-state index contributed by atoms with van der Waals surface area (Å²) in [6, 6.07) is 10.1. The Hall–Kier alpha value is -2.44. The van der Waals surface area contributed by atoms with Crippen molar-refractivity contribution in [1.29, 1.82) is 0 Å². The van der Waals surface area contributed by atoms with Crippen LogP contribution in [-0.2, 0) is 9.63 Å². The molecule has 0 aliphatic carbocycles. The minimum atomic E-state index is -0.357. The summed E-state index contributed by atoms with van der Waals surface area (Å²) in [5.41, 5.74) is 1.22. The molecule has 0 heterocycles. The number of methoxy groups -OCH3 is 2. The Morgan fingerprint density at radius 3 is 2.68 bits per heavy atom. The van der Waals surface area contributed by atoms with Crippen LogP contribution in [0.4, 0.5) is 5.69 Å². The number of amides is 1. The zero-order chi connectivity index (χ0) is 18.2. The van der Waals surface area contributed by atoms with E-state index >= 15 is 0 Å². The summed E-state index contributed by atoms with van der Waals surface area (Å²) >= 11 is 11.9. The van der Waals surface area contributed by atoms with Crippen molar-refractivity contribution in [2.24, 2.45) is 5.16 Å². The van der Waals surface area contributed by atoms with E-state index in [1.54, 1.807) is 36.4 Å². The standard InChI is InChI=1S/C17H16Cl2N2O4/c1-23-15-7-11(6-14(19)17(15)24-2)9-20-25-10-16(22)21-13-5-3-4-12(18)8-13/h3-9H,10H2,1-2H3,(H,21,22)/b20-9-. The number of rotatable bonds is 7. The van der Waals surface area contributed by atoms with Crippen LogP contribution in [-0.4, -0.2) is 32.9 Å². The average Bonchev–Trinajstić information content (AvgIpc) is 2.58. The van der Waals surface area contributed by atoms with Crippen LogP contribution in [0.15, 0.2) is 41.6 Å². The SMILES string of the molecule is COc1cc(/C=N\OCC(=O)Nc2cccc(Cl)c2)cc(Cl)c1OC. The van der Waals surface area contributed by atoms with Crippen molar-refractivity contribution in [1.82, 2.24) is 0 Å². The number of carbonyl (C=O) groups excluding carboxylic acids is 1. The molecule has 132 valence electrons. The van der Waals surface area contributed by atoms with Gasteiger partial charge in [0, 0.05) is 16.3 Å². The second kappa shape index (κ2) is 9.15. The summed E-state index contributed by atoms with van der Waals surface area (Å²) < 4.78 is 10.3. The summed E-state index contributed by atoms with van der Waals surface area (Å²) in [6.45, 7) is -0.246. The number of hydrogen-bond acceptors (Lipinski definition) is 5. The van der Waals surface area contributed by atoms with Gasteiger partial charge in [-0.15, -0.1) is 0 Å². The van der Waals surface area contributed by atoms with E-state index in [1.807, 2.05) is 0 Å². The number of ether oxygens (including phenoxy) is 2. The normalized spacial score (nSPS) is 10.6. The molecule has 0 saturated carbocycles. The molecule has 0 aromatic heterocycles.